The zero-order valence-electron chi connectivity index (χ0n) is 14.1. The van der Waals surface area contributed by atoms with Crippen molar-refractivity contribution >= 4 is 23.7 Å². The first-order valence-corrected chi connectivity index (χ1v) is 8.40. The number of carboxylic acid groups (broad SMARTS) is 1. The van der Waals surface area contributed by atoms with Gasteiger partial charge in [-0.15, -0.1) is 0 Å². The molecule has 2 rings (SSSR count). The van der Waals surface area contributed by atoms with E-state index in [2.05, 4.69) is 10.6 Å². The molecule has 134 valence electrons. The second-order valence-corrected chi connectivity index (χ2v) is 6.92. The van der Waals surface area contributed by atoms with Crippen LogP contribution in [0.1, 0.15) is 46.0 Å². The number of hydrogen-bond acceptors (Lipinski definition) is 4. The molecule has 0 aliphatic carbocycles. The zero-order valence-corrected chi connectivity index (χ0v) is 14.1. The predicted molar refractivity (Wildman–Crippen MR) is 84.9 cm³/mol. The van der Waals surface area contributed by atoms with Crippen LogP contribution in [-0.4, -0.2) is 58.4 Å². The molecule has 8 nitrogen and oxygen atoms in total. The number of carbonyl (C=O) groups is 4. The molecule has 2 aliphatic heterocycles. The Morgan fingerprint density at radius 2 is 2.04 bits per heavy atom. The van der Waals surface area contributed by atoms with E-state index >= 15 is 0 Å². The SMILES string of the molecule is CC(C)CC1NC(=O)C2CC(NC(=O)CCC(=O)O)CCN2C1=O. The van der Waals surface area contributed by atoms with Crippen molar-refractivity contribution < 1.29 is 24.3 Å². The van der Waals surface area contributed by atoms with E-state index in [0.29, 0.717) is 31.7 Å². The van der Waals surface area contributed by atoms with Gasteiger partial charge in [0.15, 0.2) is 0 Å². The molecule has 3 N–H and O–H groups in total. The molecule has 0 aromatic heterocycles. The highest BCUT2D eigenvalue weighted by molar-refractivity contribution is 5.97. The van der Waals surface area contributed by atoms with Crippen molar-refractivity contribution in [3.63, 3.8) is 0 Å². The standard InChI is InChI=1S/C16H25N3O5/c1-9(2)7-11-16(24)19-6-5-10(8-12(19)15(23)18-11)17-13(20)3-4-14(21)22/h9-12H,3-8H2,1-2H3,(H,17,20)(H,18,23)(H,21,22). The average Bonchev–Trinajstić information content (AvgIpc) is 2.50. The summed E-state index contributed by atoms with van der Waals surface area (Å²) in [7, 11) is 0. The van der Waals surface area contributed by atoms with Gasteiger partial charge in [0.2, 0.25) is 17.7 Å². The van der Waals surface area contributed by atoms with Gasteiger partial charge in [0.05, 0.1) is 6.42 Å². The number of carbonyl (C=O) groups excluding carboxylic acids is 3. The van der Waals surface area contributed by atoms with Gasteiger partial charge >= 0.3 is 5.97 Å². The predicted octanol–water partition coefficient (Wildman–Crippen LogP) is -0.128. The molecule has 2 fully saturated rings. The summed E-state index contributed by atoms with van der Waals surface area (Å²) >= 11 is 0. The maximum Gasteiger partial charge on any atom is 0.303 e. The third kappa shape index (κ3) is 4.46. The Balaban J connectivity index is 1.92. The summed E-state index contributed by atoms with van der Waals surface area (Å²) in [4.78, 5) is 48.7. The smallest absolute Gasteiger partial charge is 0.303 e. The lowest BCUT2D eigenvalue weighted by Crippen LogP contribution is -2.67. The van der Waals surface area contributed by atoms with Crippen LogP contribution in [0.4, 0.5) is 0 Å². The lowest BCUT2D eigenvalue weighted by atomic mass is 9.91. The van der Waals surface area contributed by atoms with E-state index in [-0.39, 0.29) is 36.6 Å². The van der Waals surface area contributed by atoms with E-state index in [0.717, 1.165) is 0 Å². The van der Waals surface area contributed by atoms with E-state index in [1.807, 2.05) is 13.8 Å². The number of amides is 3. The van der Waals surface area contributed by atoms with Crippen molar-refractivity contribution in [3.8, 4) is 0 Å². The normalized spacial score (nSPS) is 26.8. The molecule has 8 heteroatoms. The quantitative estimate of drug-likeness (QED) is 0.623. The molecular weight excluding hydrogens is 314 g/mol. The van der Waals surface area contributed by atoms with Crippen molar-refractivity contribution in [2.45, 2.75) is 64.1 Å². The van der Waals surface area contributed by atoms with Gasteiger partial charge in [-0.2, -0.15) is 0 Å². The molecule has 3 atom stereocenters. The molecule has 24 heavy (non-hydrogen) atoms. The Hall–Kier alpha value is -2.12. The molecule has 0 saturated carbocycles. The lowest BCUT2D eigenvalue weighted by molar-refractivity contribution is -0.152. The monoisotopic (exact) mass is 339 g/mol. The van der Waals surface area contributed by atoms with Gasteiger partial charge in [0, 0.05) is 19.0 Å². The van der Waals surface area contributed by atoms with Gasteiger partial charge in [-0.1, -0.05) is 13.8 Å². The van der Waals surface area contributed by atoms with Gasteiger partial charge in [-0.3, -0.25) is 19.2 Å². The number of carboxylic acids is 1. The minimum Gasteiger partial charge on any atom is -0.481 e. The van der Waals surface area contributed by atoms with Crippen molar-refractivity contribution in [2.24, 2.45) is 5.92 Å². The highest BCUT2D eigenvalue weighted by atomic mass is 16.4. The fourth-order valence-electron chi connectivity index (χ4n) is 3.29. The largest absolute Gasteiger partial charge is 0.481 e. The van der Waals surface area contributed by atoms with Crippen LogP contribution in [0, 0.1) is 5.92 Å². The molecular formula is C16H25N3O5. The first-order valence-electron chi connectivity index (χ1n) is 8.40. The number of aliphatic carboxylic acids is 1. The van der Waals surface area contributed by atoms with E-state index < -0.39 is 18.1 Å². The maximum atomic E-state index is 12.5. The van der Waals surface area contributed by atoms with Crippen LogP contribution >= 0.6 is 0 Å². The summed E-state index contributed by atoms with van der Waals surface area (Å²) in [5.41, 5.74) is 0. The first kappa shape index (κ1) is 18.2. The fourth-order valence-corrected chi connectivity index (χ4v) is 3.29. The van der Waals surface area contributed by atoms with Crippen LogP contribution in [0.15, 0.2) is 0 Å². The number of nitrogens with one attached hydrogen (secondary N) is 2. The maximum absolute atomic E-state index is 12.5. The van der Waals surface area contributed by atoms with Gasteiger partial charge in [-0.25, -0.2) is 0 Å². The molecule has 3 unspecified atom stereocenters. The molecule has 0 bridgehead atoms. The van der Waals surface area contributed by atoms with E-state index in [9.17, 15) is 19.2 Å². The minimum absolute atomic E-state index is 0.0519. The number of piperazine rings is 1. The first-order chi connectivity index (χ1) is 11.3. The molecule has 2 aliphatic rings. The van der Waals surface area contributed by atoms with Crippen molar-refractivity contribution in [2.75, 3.05) is 6.54 Å². The second-order valence-electron chi connectivity index (χ2n) is 6.92. The summed E-state index contributed by atoms with van der Waals surface area (Å²) in [6.07, 6.45) is 1.25. The molecule has 0 aromatic carbocycles. The Morgan fingerprint density at radius 1 is 1.33 bits per heavy atom. The third-order valence-electron chi connectivity index (χ3n) is 4.44. The fraction of sp³-hybridized carbons (Fsp3) is 0.750. The van der Waals surface area contributed by atoms with Crippen molar-refractivity contribution in [1.29, 1.82) is 0 Å². The number of piperidine rings is 1. The van der Waals surface area contributed by atoms with Gasteiger partial charge in [-0.05, 0) is 25.2 Å². The van der Waals surface area contributed by atoms with Gasteiger partial charge in [0.1, 0.15) is 12.1 Å². The molecule has 3 amide bonds. The van der Waals surface area contributed by atoms with Crippen LogP contribution in [0.5, 0.6) is 0 Å². The molecule has 0 aromatic rings. The van der Waals surface area contributed by atoms with Gasteiger partial charge < -0.3 is 20.6 Å². The van der Waals surface area contributed by atoms with Crippen molar-refractivity contribution in [3.05, 3.63) is 0 Å². The highest BCUT2D eigenvalue weighted by Gasteiger charge is 2.43. The van der Waals surface area contributed by atoms with E-state index in [1.165, 1.54) is 0 Å². The average molecular weight is 339 g/mol. The van der Waals surface area contributed by atoms with Crippen molar-refractivity contribution in [1.82, 2.24) is 15.5 Å². The minimum atomic E-state index is -1.02. The second kappa shape index (κ2) is 7.63. The topological polar surface area (TPSA) is 116 Å². The summed E-state index contributed by atoms with van der Waals surface area (Å²) in [5, 5.41) is 14.2. The molecule has 2 heterocycles. The Labute approximate surface area is 141 Å². The molecule has 0 radical (unpaired) electrons. The van der Waals surface area contributed by atoms with Crippen LogP contribution in [0.2, 0.25) is 0 Å². The van der Waals surface area contributed by atoms with E-state index in [1.54, 1.807) is 4.90 Å². The number of fused-ring (bicyclic) bond motifs is 1. The summed E-state index contributed by atoms with van der Waals surface area (Å²) < 4.78 is 0. The van der Waals surface area contributed by atoms with Crippen LogP contribution in [-0.2, 0) is 19.2 Å². The highest BCUT2D eigenvalue weighted by Crippen LogP contribution is 2.24. The van der Waals surface area contributed by atoms with Gasteiger partial charge in [0.25, 0.3) is 0 Å². The van der Waals surface area contributed by atoms with Crippen LogP contribution < -0.4 is 10.6 Å². The van der Waals surface area contributed by atoms with Crippen LogP contribution in [0.25, 0.3) is 0 Å². The van der Waals surface area contributed by atoms with E-state index in [4.69, 9.17) is 5.11 Å². The lowest BCUT2D eigenvalue weighted by Gasteiger charge is -2.44. The Kier molecular flexibility index (Phi) is 5.80. The Bertz CT molecular complexity index is 534. The molecule has 0 spiro atoms. The number of nitrogens with zero attached hydrogens (tertiary/aromatic N) is 1. The third-order valence-corrected chi connectivity index (χ3v) is 4.44. The van der Waals surface area contributed by atoms with Crippen LogP contribution in [0.3, 0.4) is 0 Å². The zero-order chi connectivity index (χ0) is 17.9. The molecule has 2 saturated heterocycles. The summed E-state index contributed by atoms with van der Waals surface area (Å²) in [5.74, 6) is -1.28. The summed E-state index contributed by atoms with van der Waals surface area (Å²) in [6, 6.07) is -1.23. The number of hydrogen-bond donors (Lipinski definition) is 3. The Morgan fingerprint density at radius 3 is 2.67 bits per heavy atom. The number of rotatable bonds is 6. The summed E-state index contributed by atoms with van der Waals surface area (Å²) in [6.45, 7) is 4.43.